The molecule has 1 aromatic carbocycles. The standard InChI is InChI=1S/C33H42O6/c1-20(2)14-15-23-19-32(17-16-21(3)4)28-24(18-25(39-37)31(7,8)38-28)27(35)33(29(32)36,30(23,5)6)26(34)22-12-10-9-11-13-22/h9-14,16,23,25,37H,15,17-19H2,1-8H3/t23-,25+,32+,33-/m0/s1. The molecular formula is C33H42O6. The highest BCUT2D eigenvalue weighted by atomic mass is 17.1. The van der Waals surface area contributed by atoms with Crippen LogP contribution in [0.25, 0.3) is 0 Å². The van der Waals surface area contributed by atoms with Crippen molar-refractivity contribution in [1.82, 2.24) is 0 Å². The Labute approximate surface area is 232 Å². The maximum Gasteiger partial charge on any atom is 0.184 e. The van der Waals surface area contributed by atoms with Crippen LogP contribution in [0.4, 0.5) is 0 Å². The van der Waals surface area contributed by atoms with Crippen LogP contribution in [0.15, 0.2) is 65.0 Å². The quantitative estimate of drug-likeness (QED) is 0.132. The average Bonchev–Trinajstić information content (AvgIpc) is 2.86. The molecule has 4 rings (SSSR count). The SMILES string of the molecule is CC(C)=CC[C@H]1C[C@@]2(CC=C(C)C)C(=O)[C@](C(=O)c3ccccc3)(C(=O)C3=C2OC(C)(C)[C@H](OO)C3)C1(C)C. The number of Topliss-reactive ketones (excluding diaryl/α,β-unsaturated/α-hetero) is 3. The summed E-state index contributed by atoms with van der Waals surface area (Å²) in [5, 5.41) is 9.75. The highest BCUT2D eigenvalue weighted by Gasteiger charge is 2.76. The molecule has 39 heavy (non-hydrogen) atoms. The molecule has 1 heterocycles. The third-order valence-electron chi connectivity index (χ3n) is 9.38. The van der Waals surface area contributed by atoms with Gasteiger partial charge in [-0.2, -0.15) is 0 Å². The van der Waals surface area contributed by atoms with E-state index in [1.165, 1.54) is 0 Å². The number of carbonyl (C=O) groups is 3. The Balaban J connectivity index is 2.10. The lowest BCUT2D eigenvalue weighted by Gasteiger charge is -2.61. The number of benzene rings is 1. The number of ketones is 3. The number of carbonyl (C=O) groups excluding carboxylic acids is 3. The minimum Gasteiger partial charge on any atom is -0.488 e. The van der Waals surface area contributed by atoms with Gasteiger partial charge in [-0.05, 0) is 72.1 Å². The Morgan fingerprint density at radius 3 is 2.21 bits per heavy atom. The highest BCUT2D eigenvalue weighted by Crippen LogP contribution is 2.67. The molecule has 1 saturated carbocycles. The van der Waals surface area contributed by atoms with Crippen LogP contribution in [-0.2, 0) is 19.2 Å². The number of rotatable bonds is 7. The van der Waals surface area contributed by atoms with E-state index in [1.54, 1.807) is 38.1 Å². The number of hydrogen-bond acceptors (Lipinski definition) is 6. The summed E-state index contributed by atoms with van der Waals surface area (Å²) in [6.45, 7) is 15.4. The van der Waals surface area contributed by atoms with Gasteiger partial charge < -0.3 is 4.74 Å². The summed E-state index contributed by atoms with van der Waals surface area (Å²) < 4.78 is 6.51. The van der Waals surface area contributed by atoms with Crippen molar-refractivity contribution in [2.24, 2.45) is 22.2 Å². The van der Waals surface area contributed by atoms with Crippen LogP contribution < -0.4 is 0 Å². The zero-order chi connectivity index (χ0) is 29.0. The fourth-order valence-electron chi connectivity index (χ4n) is 6.91. The Kier molecular flexibility index (Phi) is 7.46. The number of fused-ring (bicyclic) bond motifs is 3. The first-order chi connectivity index (χ1) is 18.2. The van der Waals surface area contributed by atoms with Crippen LogP contribution in [0, 0.1) is 22.2 Å². The maximum atomic E-state index is 15.1. The molecule has 1 fully saturated rings. The van der Waals surface area contributed by atoms with Crippen LogP contribution in [0.1, 0.15) is 91.4 Å². The molecule has 0 saturated heterocycles. The topological polar surface area (TPSA) is 89.9 Å². The van der Waals surface area contributed by atoms with Gasteiger partial charge in [0, 0.05) is 17.6 Å². The molecule has 1 N–H and O–H groups in total. The summed E-state index contributed by atoms with van der Waals surface area (Å²) in [6, 6.07) is 8.66. The van der Waals surface area contributed by atoms with Gasteiger partial charge in [-0.25, -0.2) is 4.89 Å². The van der Waals surface area contributed by atoms with E-state index in [4.69, 9.17) is 9.62 Å². The van der Waals surface area contributed by atoms with E-state index in [0.717, 1.165) is 11.1 Å². The molecule has 2 bridgehead atoms. The van der Waals surface area contributed by atoms with Gasteiger partial charge in [-0.3, -0.25) is 19.6 Å². The van der Waals surface area contributed by atoms with Gasteiger partial charge in [-0.1, -0.05) is 67.5 Å². The van der Waals surface area contributed by atoms with E-state index < -0.39 is 39.5 Å². The van der Waals surface area contributed by atoms with Crippen LogP contribution in [0.2, 0.25) is 0 Å². The first-order valence-corrected chi connectivity index (χ1v) is 13.9. The molecule has 4 atom stereocenters. The van der Waals surface area contributed by atoms with Crippen LogP contribution in [0.5, 0.6) is 0 Å². The monoisotopic (exact) mass is 534 g/mol. The van der Waals surface area contributed by atoms with Crippen LogP contribution in [0.3, 0.4) is 0 Å². The molecule has 0 aromatic heterocycles. The molecular weight excluding hydrogens is 492 g/mol. The minimum absolute atomic E-state index is 0.0556. The van der Waals surface area contributed by atoms with E-state index >= 15 is 4.79 Å². The summed E-state index contributed by atoms with van der Waals surface area (Å²) in [6.07, 6.45) is 4.77. The first-order valence-electron chi connectivity index (χ1n) is 13.9. The maximum absolute atomic E-state index is 15.1. The lowest BCUT2D eigenvalue weighted by atomic mass is 9.39. The Bertz CT molecular complexity index is 1270. The third-order valence-corrected chi connectivity index (χ3v) is 9.38. The van der Waals surface area contributed by atoms with Gasteiger partial charge in [0.15, 0.2) is 22.8 Å². The zero-order valence-electron chi connectivity index (χ0n) is 24.5. The van der Waals surface area contributed by atoms with Gasteiger partial charge in [0.05, 0.1) is 5.41 Å². The van der Waals surface area contributed by atoms with Crippen molar-refractivity contribution >= 4 is 17.3 Å². The first kappa shape index (κ1) is 29.2. The zero-order valence-corrected chi connectivity index (χ0v) is 24.5. The molecule has 2 aliphatic carbocycles. The van der Waals surface area contributed by atoms with Gasteiger partial charge in [0.1, 0.15) is 17.5 Å². The number of ether oxygens (including phenoxy) is 1. The van der Waals surface area contributed by atoms with E-state index in [9.17, 15) is 14.8 Å². The fourth-order valence-corrected chi connectivity index (χ4v) is 6.91. The molecule has 0 unspecified atom stereocenters. The minimum atomic E-state index is -1.94. The van der Waals surface area contributed by atoms with Crippen molar-refractivity contribution in [2.45, 2.75) is 92.8 Å². The largest absolute Gasteiger partial charge is 0.488 e. The average molecular weight is 535 g/mol. The van der Waals surface area contributed by atoms with Crippen LogP contribution in [-0.4, -0.2) is 34.3 Å². The smallest absolute Gasteiger partial charge is 0.184 e. The van der Waals surface area contributed by atoms with Crippen molar-refractivity contribution in [2.75, 3.05) is 0 Å². The summed E-state index contributed by atoms with van der Waals surface area (Å²) in [7, 11) is 0. The number of hydrogen-bond donors (Lipinski definition) is 1. The second kappa shape index (κ2) is 9.97. The molecule has 210 valence electrons. The van der Waals surface area contributed by atoms with Gasteiger partial charge in [0.25, 0.3) is 0 Å². The lowest BCUT2D eigenvalue weighted by molar-refractivity contribution is -0.317. The highest BCUT2D eigenvalue weighted by molar-refractivity contribution is 6.36. The Hall–Kier alpha value is -2.83. The van der Waals surface area contributed by atoms with Crippen molar-refractivity contribution in [3.8, 4) is 0 Å². The van der Waals surface area contributed by atoms with E-state index in [1.807, 2.05) is 53.7 Å². The number of allylic oxidation sites excluding steroid dienone is 5. The predicted molar refractivity (Wildman–Crippen MR) is 150 cm³/mol. The van der Waals surface area contributed by atoms with Gasteiger partial charge in [0.2, 0.25) is 0 Å². The summed E-state index contributed by atoms with van der Waals surface area (Å²) >= 11 is 0. The summed E-state index contributed by atoms with van der Waals surface area (Å²) in [5.41, 5.74) is -2.32. The molecule has 0 radical (unpaired) electrons. The summed E-state index contributed by atoms with van der Waals surface area (Å²) in [5.74, 6) is -1.16. The molecule has 0 amide bonds. The third kappa shape index (κ3) is 4.27. The molecule has 1 aromatic rings. The van der Waals surface area contributed by atoms with Crippen LogP contribution >= 0.6 is 0 Å². The Morgan fingerprint density at radius 2 is 1.64 bits per heavy atom. The van der Waals surface area contributed by atoms with Crippen molar-refractivity contribution in [1.29, 1.82) is 0 Å². The fraction of sp³-hybridized carbons (Fsp3) is 0.545. The summed E-state index contributed by atoms with van der Waals surface area (Å²) in [4.78, 5) is 49.4. The van der Waals surface area contributed by atoms with Crippen molar-refractivity contribution in [3.05, 3.63) is 70.5 Å². The molecule has 1 aliphatic heterocycles. The van der Waals surface area contributed by atoms with Gasteiger partial charge >= 0.3 is 0 Å². The van der Waals surface area contributed by atoms with E-state index in [2.05, 4.69) is 6.08 Å². The van der Waals surface area contributed by atoms with Crippen molar-refractivity contribution in [3.63, 3.8) is 0 Å². The lowest BCUT2D eigenvalue weighted by Crippen LogP contribution is -2.71. The second-order valence-corrected chi connectivity index (χ2v) is 13.1. The molecule has 0 spiro atoms. The van der Waals surface area contributed by atoms with Crippen molar-refractivity contribution < 1.29 is 29.3 Å². The van der Waals surface area contributed by atoms with E-state index in [-0.39, 0.29) is 23.7 Å². The molecule has 6 nitrogen and oxygen atoms in total. The Morgan fingerprint density at radius 1 is 1.03 bits per heavy atom. The molecule has 6 heteroatoms. The van der Waals surface area contributed by atoms with Gasteiger partial charge in [-0.15, -0.1) is 0 Å². The predicted octanol–water partition coefficient (Wildman–Crippen LogP) is 7.06. The second-order valence-electron chi connectivity index (χ2n) is 13.1. The molecule has 3 aliphatic rings. The van der Waals surface area contributed by atoms with E-state index in [0.29, 0.717) is 30.6 Å². The normalized spacial score (nSPS) is 30.7.